The highest BCUT2D eigenvalue weighted by molar-refractivity contribution is 5.89. The number of amides is 2. The van der Waals surface area contributed by atoms with E-state index in [1.54, 1.807) is 20.9 Å². The minimum Gasteiger partial charge on any atom is -0.389 e. The van der Waals surface area contributed by atoms with Gasteiger partial charge in [-0.25, -0.2) is 4.79 Å². The molecule has 5 nitrogen and oxygen atoms in total. The van der Waals surface area contributed by atoms with Gasteiger partial charge in [0, 0.05) is 19.3 Å². The number of carbonyl (C=O) groups excluding carboxylic acids is 1. The zero-order chi connectivity index (χ0) is 15.3. The van der Waals surface area contributed by atoms with E-state index in [1.807, 2.05) is 38.4 Å². The summed E-state index contributed by atoms with van der Waals surface area (Å²) >= 11 is 0. The fraction of sp³-hybridized carbons (Fsp3) is 0.533. The van der Waals surface area contributed by atoms with E-state index >= 15 is 0 Å². The number of nitrogens with zero attached hydrogens (tertiary/aromatic N) is 2. The zero-order valence-electron chi connectivity index (χ0n) is 13.0. The van der Waals surface area contributed by atoms with Crippen LogP contribution in [0.4, 0.5) is 10.5 Å². The van der Waals surface area contributed by atoms with Gasteiger partial charge in [-0.15, -0.1) is 0 Å². The molecule has 0 aromatic heterocycles. The van der Waals surface area contributed by atoms with E-state index in [4.69, 9.17) is 0 Å². The summed E-state index contributed by atoms with van der Waals surface area (Å²) in [4.78, 5) is 15.6. The van der Waals surface area contributed by atoms with Gasteiger partial charge in [0.15, 0.2) is 0 Å². The van der Waals surface area contributed by atoms with Gasteiger partial charge in [0.2, 0.25) is 0 Å². The number of hydrogen-bond donors (Lipinski definition) is 2. The Morgan fingerprint density at radius 3 is 2.50 bits per heavy atom. The van der Waals surface area contributed by atoms with Crippen molar-refractivity contribution in [2.24, 2.45) is 0 Å². The van der Waals surface area contributed by atoms with E-state index in [-0.39, 0.29) is 12.6 Å². The predicted octanol–water partition coefficient (Wildman–Crippen LogP) is 1.98. The van der Waals surface area contributed by atoms with Crippen molar-refractivity contribution >= 4 is 11.7 Å². The summed E-state index contributed by atoms with van der Waals surface area (Å²) in [6.45, 7) is 4.45. The van der Waals surface area contributed by atoms with Crippen LogP contribution in [0.1, 0.15) is 19.4 Å². The fourth-order valence-corrected chi connectivity index (χ4v) is 1.98. The predicted molar refractivity (Wildman–Crippen MR) is 81.8 cm³/mol. The highest BCUT2D eigenvalue weighted by atomic mass is 16.3. The Kier molecular flexibility index (Phi) is 5.53. The van der Waals surface area contributed by atoms with Gasteiger partial charge in [0.05, 0.1) is 12.1 Å². The molecule has 0 aliphatic rings. The standard InChI is InChI=1S/C15H25N3O2/c1-15(2,20)11-18(5)14(19)16-13-8-6-7-12(9-13)10-17(3)4/h6-9,20H,10-11H2,1-5H3,(H,16,19). The first-order valence-electron chi connectivity index (χ1n) is 6.65. The third-order valence-electron chi connectivity index (χ3n) is 2.65. The van der Waals surface area contributed by atoms with Gasteiger partial charge in [-0.05, 0) is 45.6 Å². The Morgan fingerprint density at radius 1 is 1.30 bits per heavy atom. The molecule has 112 valence electrons. The number of nitrogens with one attached hydrogen (secondary N) is 1. The van der Waals surface area contributed by atoms with Crippen LogP contribution in [0.15, 0.2) is 24.3 Å². The summed E-state index contributed by atoms with van der Waals surface area (Å²) in [6, 6.07) is 7.53. The first kappa shape index (κ1) is 16.5. The molecule has 0 aliphatic carbocycles. The van der Waals surface area contributed by atoms with Crippen molar-refractivity contribution in [2.75, 3.05) is 33.0 Å². The molecule has 0 aliphatic heterocycles. The Morgan fingerprint density at radius 2 is 1.95 bits per heavy atom. The lowest BCUT2D eigenvalue weighted by Gasteiger charge is -2.25. The summed E-state index contributed by atoms with van der Waals surface area (Å²) in [5.74, 6) is 0. The third kappa shape index (κ3) is 6.04. The van der Waals surface area contributed by atoms with Gasteiger partial charge in [-0.1, -0.05) is 12.1 Å². The van der Waals surface area contributed by atoms with Crippen LogP contribution in [-0.4, -0.2) is 54.2 Å². The van der Waals surface area contributed by atoms with Crippen LogP contribution in [0.5, 0.6) is 0 Å². The van der Waals surface area contributed by atoms with Gasteiger partial charge < -0.3 is 20.2 Å². The normalized spacial score (nSPS) is 11.6. The molecule has 0 spiro atoms. The maximum absolute atomic E-state index is 12.0. The number of anilines is 1. The molecule has 0 radical (unpaired) electrons. The Labute approximate surface area is 121 Å². The van der Waals surface area contributed by atoms with Crippen molar-refractivity contribution in [1.82, 2.24) is 9.80 Å². The number of carbonyl (C=O) groups is 1. The molecule has 0 fully saturated rings. The summed E-state index contributed by atoms with van der Waals surface area (Å²) in [5, 5.41) is 12.6. The molecule has 2 N–H and O–H groups in total. The summed E-state index contributed by atoms with van der Waals surface area (Å²) < 4.78 is 0. The highest BCUT2D eigenvalue weighted by Gasteiger charge is 2.19. The molecule has 1 aromatic rings. The molecule has 0 unspecified atom stereocenters. The number of hydrogen-bond acceptors (Lipinski definition) is 3. The number of urea groups is 1. The van der Waals surface area contributed by atoms with E-state index in [1.165, 1.54) is 4.90 Å². The molecule has 0 heterocycles. The topological polar surface area (TPSA) is 55.8 Å². The van der Waals surface area contributed by atoms with Crippen molar-refractivity contribution in [1.29, 1.82) is 0 Å². The summed E-state index contributed by atoms with van der Waals surface area (Å²) in [5.41, 5.74) is 0.994. The van der Waals surface area contributed by atoms with Gasteiger partial charge in [0.25, 0.3) is 0 Å². The lowest BCUT2D eigenvalue weighted by molar-refractivity contribution is 0.0550. The van der Waals surface area contributed by atoms with E-state index < -0.39 is 5.60 Å². The van der Waals surface area contributed by atoms with Crippen LogP contribution in [0, 0.1) is 0 Å². The molecular weight excluding hydrogens is 254 g/mol. The zero-order valence-corrected chi connectivity index (χ0v) is 13.0. The maximum atomic E-state index is 12.0. The smallest absolute Gasteiger partial charge is 0.321 e. The van der Waals surface area contributed by atoms with Crippen LogP contribution in [0.3, 0.4) is 0 Å². The Balaban J connectivity index is 2.66. The SMILES string of the molecule is CN(C)Cc1cccc(NC(=O)N(C)CC(C)(C)O)c1. The molecule has 1 aromatic carbocycles. The molecule has 0 saturated heterocycles. The van der Waals surface area contributed by atoms with Gasteiger partial charge in [0.1, 0.15) is 0 Å². The lowest BCUT2D eigenvalue weighted by atomic mass is 10.1. The van der Waals surface area contributed by atoms with Crippen LogP contribution in [0.2, 0.25) is 0 Å². The Hall–Kier alpha value is -1.59. The maximum Gasteiger partial charge on any atom is 0.321 e. The van der Waals surface area contributed by atoms with Crippen molar-refractivity contribution in [3.63, 3.8) is 0 Å². The van der Waals surface area contributed by atoms with E-state index in [0.717, 1.165) is 17.8 Å². The molecule has 0 bridgehead atoms. The van der Waals surface area contributed by atoms with Crippen LogP contribution < -0.4 is 5.32 Å². The van der Waals surface area contributed by atoms with Crippen molar-refractivity contribution in [3.05, 3.63) is 29.8 Å². The van der Waals surface area contributed by atoms with Gasteiger partial charge >= 0.3 is 6.03 Å². The Bertz CT molecular complexity index is 453. The molecular formula is C15H25N3O2. The number of likely N-dealkylation sites (N-methyl/N-ethyl adjacent to an activating group) is 1. The minimum atomic E-state index is -0.904. The number of rotatable bonds is 5. The highest BCUT2D eigenvalue weighted by Crippen LogP contribution is 2.13. The van der Waals surface area contributed by atoms with E-state index in [2.05, 4.69) is 10.2 Å². The van der Waals surface area contributed by atoms with Crippen molar-refractivity contribution < 1.29 is 9.90 Å². The number of benzene rings is 1. The largest absolute Gasteiger partial charge is 0.389 e. The number of aliphatic hydroxyl groups is 1. The average molecular weight is 279 g/mol. The minimum absolute atomic E-state index is 0.228. The first-order chi connectivity index (χ1) is 9.17. The quantitative estimate of drug-likeness (QED) is 0.866. The second kappa shape index (κ2) is 6.72. The van der Waals surface area contributed by atoms with E-state index in [9.17, 15) is 9.90 Å². The van der Waals surface area contributed by atoms with Crippen LogP contribution in [-0.2, 0) is 6.54 Å². The molecule has 5 heteroatoms. The first-order valence-corrected chi connectivity index (χ1v) is 6.65. The molecule has 0 saturated carbocycles. The van der Waals surface area contributed by atoms with Gasteiger partial charge in [-0.3, -0.25) is 0 Å². The second-order valence-electron chi connectivity index (χ2n) is 6.04. The summed E-state index contributed by atoms with van der Waals surface area (Å²) in [6.07, 6.45) is 0. The van der Waals surface area contributed by atoms with Crippen LogP contribution in [0.25, 0.3) is 0 Å². The average Bonchev–Trinajstić information content (AvgIpc) is 2.26. The third-order valence-corrected chi connectivity index (χ3v) is 2.65. The monoisotopic (exact) mass is 279 g/mol. The molecule has 20 heavy (non-hydrogen) atoms. The van der Waals surface area contributed by atoms with Crippen LogP contribution >= 0.6 is 0 Å². The second-order valence-corrected chi connectivity index (χ2v) is 6.04. The molecule has 0 atom stereocenters. The molecule has 2 amide bonds. The molecule has 1 rings (SSSR count). The van der Waals surface area contributed by atoms with Gasteiger partial charge in [-0.2, -0.15) is 0 Å². The fourth-order valence-electron chi connectivity index (χ4n) is 1.98. The lowest BCUT2D eigenvalue weighted by Crippen LogP contribution is -2.41. The van der Waals surface area contributed by atoms with Crippen molar-refractivity contribution in [2.45, 2.75) is 26.0 Å². The van der Waals surface area contributed by atoms with Crippen molar-refractivity contribution in [3.8, 4) is 0 Å². The summed E-state index contributed by atoms with van der Waals surface area (Å²) in [7, 11) is 5.67. The van der Waals surface area contributed by atoms with E-state index in [0.29, 0.717) is 0 Å².